The van der Waals surface area contributed by atoms with E-state index in [0.29, 0.717) is 5.92 Å². The highest BCUT2D eigenvalue weighted by molar-refractivity contribution is 7.99. The number of rotatable bonds is 3. The van der Waals surface area contributed by atoms with Crippen LogP contribution >= 0.6 is 11.8 Å². The van der Waals surface area contributed by atoms with Gasteiger partial charge in [-0.05, 0) is 56.2 Å². The van der Waals surface area contributed by atoms with Gasteiger partial charge >= 0.3 is 6.09 Å². The first-order valence-corrected chi connectivity index (χ1v) is 8.08. The summed E-state index contributed by atoms with van der Waals surface area (Å²) >= 11 is 2.09. The third kappa shape index (κ3) is 4.05. The van der Waals surface area contributed by atoms with Gasteiger partial charge in [0.15, 0.2) is 0 Å². The summed E-state index contributed by atoms with van der Waals surface area (Å²) in [4.78, 5) is 13.7. The number of piperidine rings is 1. The fourth-order valence-corrected chi connectivity index (χ4v) is 3.95. The van der Waals surface area contributed by atoms with Crippen molar-refractivity contribution < 1.29 is 9.53 Å². The highest BCUT2D eigenvalue weighted by Crippen LogP contribution is 2.26. The molecule has 2 rings (SSSR count). The Kier molecular flexibility index (Phi) is 5.63. The number of methoxy groups -OCH3 is 1. The summed E-state index contributed by atoms with van der Waals surface area (Å²) in [5, 5.41) is 2.81. The molecule has 0 bridgehead atoms. The zero-order chi connectivity index (χ0) is 12.8. The first-order chi connectivity index (χ1) is 8.79. The van der Waals surface area contributed by atoms with Crippen LogP contribution in [0.25, 0.3) is 0 Å². The predicted molar refractivity (Wildman–Crippen MR) is 75.1 cm³/mol. The first-order valence-electron chi connectivity index (χ1n) is 6.93. The van der Waals surface area contributed by atoms with Crippen LogP contribution in [0.4, 0.5) is 4.79 Å². The van der Waals surface area contributed by atoms with Crippen LogP contribution in [-0.2, 0) is 4.74 Å². The number of thioether (sulfide) groups is 1. The minimum absolute atomic E-state index is 0.304. The van der Waals surface area contributed by atoms with Gasteiger partial charge in [-0.15, -0.1) is 0 Å². The highest BCUT2D eigenvalue weighted by Gasteiger charge is 2.26. The molecule has 4 nitrogen and oxygen atoms in total. The summed E-state index contributed by atoms with van der Waals surface area (Å²) in [7, 11) is 1.42. The molecular formula is C13H24N2O2S. The Morgan fingerprint density at radius 1 is 1.28 bits per heavy atom. The molecule has 0 radical (unpaired) electrons. The van der Waals surface area contributed by atoms with Crippen molar-refractivity contribution in [1.29, 1.82) is 0 Å². The van der Waals surface area contributed by atoms with Gasteiger partial charge in [-0.1, -0.05) is 0 Å². The Labute approximate surface area is 114 Å². The molecule has 2 aliphatic heterocycles. The third-order valence-electron chi connectivity index (χ3n) is 4.08. The second-order valence-electron chi connectivity index (χ2n) is 5.20. The van der Waals surface area contributed by atoms with Crippen molar-refractivity contribution in [1.82, 2.24) is 10.2 Å². The van der Waals surface area contributed by atoms with Crippen LogP contribution < -0.4 is 5.32 Å². The molecule has 1 amide bonds. The number of alkyl carbamates (subject to hydrolysis) is 1. The van der Waals surface area contributed by atoms with E-state index in [2.05, 4.69) is 26.7 Å². The summed E-state index contributed by atoms with van der Waals surface area (Å²) in [6.07, 6.45) is 4.81. The Bertz CT molecular complexity index is 262. The van der Waals surface area contributed by atoms with Crippen LogP contribution in [0.5, 0.6) is 0 Å². The number of amides is 1. The van der Waals surface area contributed by atoms with Crippen LogP contribution in [0.1, 0.15) is 25.7 Å². The smallest absolute Gasteiger partial charge is 0.406 e. The summed E-state index contributed by atoms with van der Waals surface area (Å²) < 4.78 is 4.59. The van der Waals surface area contributed by atoms with Gasteiger partial charge in [-0.3, -0.25) is 0 Å². The van der Waals surface area contributed by atoms with E-state index < -0.39 is 0 Å². The van der Waals surface area contributed by atoms with Gasteiger partial charge in [0.05, 0.1) is 7.11 Å². The maximum absolute atomic E-state index is 11.0. The summed E-state index contributed by atoms with van der Waals surface area (Å²) in [6, 6.07) is 0.820. The molecular weight excluding hydrogens is 248 g/mol. The molecule has 2 aliphatic rings. The van der Waals surface area contributed by atoms with Gasteiger partial charge in [0.2, 0.25) is 0 Å². The van der Waals surface area contributed by atoms with E-state index in [4.69, 9.17) is 0 Å². The number of hydrogen-bond donors (Lipinski definition) is 1. The van der Waals surface area contributed by atoms with Crippen LogP contribution in [0.15, 0.2) is 0 Å². The molecule has 0 saturated carbocycles. The average Bonchev–Trinajstić information content (AvgIpc) is 2.46. The zero-order valence-electron chi connectivity index (χ0n) is 11.2. The summed E-state index contributed by atoms with van der Waals surface area (Å²) in [6.45, 7) is 3.16. The summed E-state index contributed by atoms with van der Waals surface area (Å²) in [5.74, 6) is 3.28. The first kappa shape index (κ1) is 14.0. The largest absolute Gasteiger partial charge is 0.453 e. The van der Waals surface area contributed by atoms with Crippen molar-refractivity contribution in [3.63, 3.8) is 0 Å². The molecule has 0 atom stereocenters. The van der Waals surface area contributed by atoms with Crippen molar-refractivity contribution in [2.75, 3.05) is 38.2 Å². The number of hydrogen-bond acceptors (Lipinski definition) is 4. The monoisotopic (exact) mass is 272 g/mol. The number of carbonyl (C=O) groups is 1. The Hall–Kier alpha value is -0.420. The average molecular weight is 272 g/mol. The predicted octanol–water partition coefficient (Wildman–Crippen LogP) is 1.95. The molecule has 2 fully saturated rings. The van der Waals surface area contributed by atoms with Gasteiger partial charge in [-0.25, -0.2) is 4.79 Å². The minimum Gasteiger partial charge on any atom is -0.453 e. The van der Waals surface area contributed by atoms with Gasteiger partial charge < -0.3 is 15.0 Å². The Balaban J connectivity index is 1.66. The number of carbonyl (C=O) groups excluding carboxylic acids is 1. The van der Waals surface area contributed by atoms with E-state index >= 15 is 0 Å². The van der Waals surface area contributed by atoms with Crippen LogP contribution in [-0.4, -0.2) is 55.3 Å². The minimum atomic E-state index is -0.304. The van der Waals surface area contributed by atoms with Crippen molar-refractivity contribution in [3.05, 3.63) is 0 Å². The molecule has 5 heteroatoms. The van der Waals surface area contributed by atoms with Crippen LogP contribution in [0.2, 0.25) is 0 Å². The molecule has 0 unspecified atom stereocenters. The SMILES string of the molecule is COC(=O)NCC1CCN(C2CCSCC2)CC1. The maximum Gasteiger partial charge on any atom is 0.406 e. The quantitative estimate of drug-likeness (QED) is 0.852. The summed E-state index contributed by atoms with van der Waals surface area (Å²) in [5.41, 5.74) is 0. The standard InChI is InChI=1S/C13H24N2O2S/c1-17-13(16)14-10-11-2-6-15(7-3-11)12-4-8-18-9-5-12/h11-12H,2-10H2,1H3,(H,14,16). The normalized spacial score (nSPS) is 23.8. The number of nitrogens with zero attached hydrogens (tertiary/aromatic N) is 1. The van der Waals surface area contributed by atoms with Gasteiger partial charge in [-0.2, -0.15) is 11.8 Å². The fraction of sp³-hybridized carbons (Fsp3) is 0.923. The van der Waals surface area contributed by atoms with Crippen molar-refractivity contribution >= 4 is 17.9 Å². The Morgan fingerprint density at radius 2 is 1.94 bits per heavy atom. The van der Waals surface area contributed by atoms with E-state index in [-0.39, 0.29) is 6.09 Å². The van der Waals surface area contributed by atoms with Gasteiger partial charge in [0.25, 0.3) is 0 Å². The molecule has 0 aromatic rings. The lowest BCUT2D eigenvalue weighted by Crippen LogP contribution is -2.44. The lowest BCUT2D eigenvalue weighted by atomic mass is 9.94. The van der Waals surface area contributed by atoms with Crippen molar-refractivity contribution in [2.45, 2.75) is 31.7 Å². The second-order valence-corrected chi connectivity index (χ2v) is 6.42. The van der Waals surface area contributed by atoms with Gasteiger partial charge in [0.1, 0.15) is 0 Å². The number of likely N-dealkylation sites (tertiary alicyclic amines) is 1. The van der Waals surface area contributed by atoms with E-state index in [0.717, 1.165) is 12.6 Å². The maximum atomic E-state index is 11.0. The molecule has 0 spiro atoms. The van der Waals surface area contributed by atoms with Gasteiger partial charge in [0, 0.05) is 12.6 Å². The molecule has 1 N–H and O–H groups in total. The number of nitrogens with one attached hydrogen (secondary N) is 1. The van der Waals surface area contributed by atoms with E-state index in [9.17, 15) is 4.79 Å². The lowest BCUT2D eigenvalue weighted by Gasteiger charge is -2.39. The molecule has 2 saturated heterocycles. The second kappa shape index (κ2) is 7.24. The highest BCUT2D eigenvalue weighted by atomic mass is 32.2. The number of ether oxygens (including phenoxy) is 1. The topological polar surface area (TPSA) is 41.6 Å². The van der Waals surface area contributed by atoms with Crippen molar-refractivity contribution in [2.24, 2.45) is 5.92 Å². The zero-order valence-corrected chi connectivity index (χ0v) is 12.0. The van der Waals surface area contributed by atoms with E-state index in [1.165, 1.54) is 57.4 Å². The molecule has 2 heterocycles. The van der Waals surface area contributed by atoms with Crippen LogP contribution in [0.3, 0.4) is 0 Å². The lowest BCUT2D eigenvalue weighted by molar-refractivity contribution is 0.122. The fourth-order valence-electron chi connectivity index (χ4n) is 2.87. The molecule has 0 aromatic heterocycles. The van der Waals surface area contributed by atoms with E-state index in [1.54, 1.807) is 0 Å². The molecule has 0 aliphatic carbocycles. The Morgan fingerprint density at radius 3 is 2.56 bits per heavy atom. The molecule has 18 heavy (non-hydrogen) atoms. The molecule has 0 aromatic carbocycles. The molecule has 104 valence electrons. The third-order valence-corrected chi connectivity index (χ3v) is 5.13. The van der Waals surface area contributed by atoms with Crippen LogP contribution in [0, 0.1) is 5.92 Å². The van der Waals surface area contributed by atoms with E-state index in [1.807, 2.05) is 0 Å². The van der Waals surface area contributed by atoms with Crippen molar-refractivity contribution in [3.8, 4) is 0 Å².